The lowest BCUT2D eigenvalue weighted by Crippen LogP contribution is -2.31. The summed E-state index contributed by atoms with van der Waals surface area (Å²) in [5, 5.41) is 5.85. The lowest BCUT2D eigenvalue weighted by molar-refractivity contribution is 0.531. The average molecular weight is 295 g/mol. The van der Waals surface area contributed by atoms with Crippen molar-refractivity contribution in [2.45, 2.75) is 51.6 Å². The van der Waals surface area contributed by atoms with E-state index in [4.69, 9.17) is 4.99 Å². The van der Waals surface area contributed by atoms with Crippen LogP contribution in [-0.2, 0) is 6.42 Å². The van der Waals surface area contributed by atoms with Crippen LogP contribution >= 0.6 is 23.1 Å². The topological polar surface area (TPSA) is 37.3 Å². The molecule has 0 radical (unpaired) electrons. The van der Waals surface area contributed by atoms with E-state index in [0.717, 1.165) is 17.5 Å². The van der Waals surface area contributed by atoms with E-state index >= 15 is 0 Å². The van der Waals surface area contributed by atoms with Gasteiger partial charge in [0.25, 0.3) is 0 Å². The van der Waals surface area contributed by atoms with Crippen LogP contribution in [0.15, 0.2) is 11.2 Å². The largest absolute Gasteiger partial charge is 0.356 e. The van der Waals surface area contributed by atoms with E-state index in [2.05, 4.69) is 24.1 Å². The molecule has 2 aliphatic rings. The fourth-order valence-corrected chi connectivity index (χ4v) is 4.86. The van der Waals surface area contributed by atoms with E-state index in [1.165, 1.54) is 34.9 Å². The van der Waals surface area contributed by atoms with E-state index < -0.39 is 0 Å². The van der Waals surface area contributed by atoms with Gasteiger partial charge in [-0.05, 0) is 32.1 Å². The number of thioether (sulfide) groups is 1. The number of rotatable bonds is 3. The number of aryl methyl sites for hydroxylation is 1. The Morgan fingerprint density at radius 2 is 2.37 bits per heavy atom. The number of aromatic nitrogens is 1. The van der Waals surface area contributed by atoms with Crippen molar-refractivity contribution in [2.75, 3.05) is 5.75 Å². The Kier molecular flexibility index (Phi) is 4.12. The zero-order valence-corrected chi connectivity index (χ0v) is 13.2. The summed E-state index contributed by atoms with van der Waals surface area (Å²) in [5.74, 6) is 2.07. The first-order valence-electron chi connectivity index (χ1n) is 7.18. The summed E-state index contributed by atoms with van der Waals surface area (Å²) in [6.07, 6.45) is 7.08. The zero-order chi connectivity index (χ0) is 13.2. The molecule has 3 rings (SSSR count). The van der Waals surface area contributed by atoms with E-state index in [1.807, 2.05) is 29.3 Å². The molecule has 3 nitrogen and oxygen atoms in total. The van der Waals surface area contributed by atoms with E-state index in [9.17, 15) is 0 Å². The van der Waals surface area contributed by atoms with Gasteiger partial charge >= 0.3 is 0 Å². The highest BCUT2D eigenvalue weighted by atomic mass is 32.2. The molecule has 19 heavy (non-hydrogen) atoms. The SMILES string of the molecule is CCc1cnc(C(C)NC2=NC3CCCC3CS2)s1. The summed E-state index contributed by atoms with van der Waals surface area (Å²) in [5.41, 5.74) is 0. The minimum Gasteiger partial charge on any atom is -0.356 e. The minimum absolute atomic E-state index is 0.273. The number of amidine groups is 1. The first-order valence-corrected chi connectivity index (χ1v) is 8.98. The molecule has 1 aromatic heterocycles. The van der Waals surface area contributed by atoms with E-state index in [-0.39, 0.29) is 6.04 Å². The van der Waals surface area contributed by atoms with Crippen molar-refractivity contribution in [3.63, 3.8) is 0 Å². The fraction of sp³-hybridized carbons (Fsp3) is 0.714. The van der Waals surface area contributed by atoms with Crippen LogP contribution in [0, 0.1) is 5.92 Å². The normalized spacial score (nSPS) is 27.8. The predicted molar refractivity (Wildman–Crippen MR) is 84.1 cm³/mol. The number of nitrogens with zero attached hydrogens (tertiary/aromatic N) is 2. The average Bonchev–Trinajstić information content (AvgIpc) is 3.06. The highest BCUT2D eigenvalue weighted by molar-refractivity contribution is 8.13. The lowest BCUT2D eigenvalue weighted by Gasteiger charge is -2.25. The highest BCUT2D eigenvalue weighted by Crippen LogP contribution is 2.35. The molecule has 1 aromatic rings. The molecule has 1 fully saturated rings. The van der Waals surface area contributed by atoms with Gasteiger partial charge in [-0.15, -0.1) is 11.3 Å². The molecule has 0 spiro atoms. The molecule has 5 heteroatoms. The first kappa shape index (κ1) is 13.4. The van der Waals surface area contributed by atoms with Crippen LogP contribution in [0.1, 0.15) is 49.0 Å². The number of hydrogen-bond donors (Lipinski definition) is 1. The zero-order valence-electron chi connectivity index (χ0n) is 11.6. The minimum atomic E-state index is 0.273. The second-order valence-electron chi connectivity index (χ2n) is 5.39. The van der Waals surface area contributed by atoms with Crippen molar-refractivity contribution in [2.24, 2.45) is 10.9 Å². The van der Waals surface area contributed by atoms with Crippen molar-refractivity contribution in [3.8, 4) is 0 Å². The molecule has 3 unspecified atom stereocenters. The fourth-order valence-electron chi connectivity index (χ4n) is 2.77. The third-order valence-corrected chi connectivity index (χ3v) is 6.38. The molecule has 2 heterocycles. The number of nitrogens with one attached hydrogen (secondary N) is 1. The molecule has 0 saturated heterocycles. The number of hydrogen-bond acceptors (Lipinski definition) is 5. The Bertz CT molecular complexity index is 469. The summed E-state index contributed by atoms with van der Waals surface area (Å²) in [7, 11) is 0. The molecule has 1 aliphatic heterocycles. The van der Waals surface area contributed by atoms with Crippen LogP contribution in [0.3, 0.4) is 0 Å². The van der Waals surface area contributed by atoms with Gasteiger partial charge in [-0.25, -0.2) is 4.98 Å². The van der Waals surface area contributed by atoms with E-state index in [0.29, 0.717) is 6.04 Å². The van der Waals surface area contributed by atoms with Crippen molar-refractivity contribution >= 4 is 28.3 Å². The van der Waals surface area contributed by atoms with Crippen molar-refractivity contribution in [3.05, 3.63) is 16.1 Å². The maximum atomic E-state index is 4.88. The molecular weight excluding hydrogens is 274 g/mol. The standard InChI is InChI=1S/C14H21N3S2/c1-3-11-7-15-13(19-11)9(2)16-14-17-12-6-4-5-10(12)8-18-14/h7,9-10,12H,3-6,8H2,1-2H3,(H,16,17). The number of aliphatic imine (C=N–C) groups is 1. The molecule has 1 saturated carbocycles. The second-order valence-corrected chi connectivity index (χ2v) is 7.54. The van der Waals surface area contributed by atoms with Gasteiger partial charge in [0, 0.05) is 16.8 Å². The predicted octanol–water partition coefficient (Wildman–Crippen LogP) is 3.63. The monoisotopic (exact) mass is 295 g/mol. The van der Waals surface area contributed by atoms with Gasteiger partial charge in [0.05, 0.1) is 12.1 Å². The maximum absolute atomic E-state index is 4.88. The lowest BCUT2D eigenvalue weighted by atomic mass is 10.1. The summed E-state index contributed by atoms with van der Waals surface area (Å²) in [6, 6.07) is 0.855. The van der Waals surface area contributed by atoms with Crippen molar-refractivity contribution in [1.82, 2.24) is 10.3 Å². The Morgan fingerprint density at radius 1 is 1.47 bits per heavy atom. The van der Waals surface area contributed by atoms with Crippen LogP contribution < -0.4 is 5.32 Å². The molecule has 104 valence electrons. The second kappa shape index (κ2) is 5.83. The Balaban J connectivity index is 1.64. The summed E-state index contributed by atoms with van der Waals surface area (Å²) in [6.45, 7) is 4.36. The molecule has 0 aromatic carbocycles. The molecule has 1 aliphatic carbocycles. The summed E-state index contributed by atoms with van der Waals surface area (Å²) < 4.78 is 0. The quantitative estimate of drug-likeness (QED) is 0.925. The highest BCUT2D eigenvalue weighted by Gasteiger charge is 2.31. The Labute approximate surface area is 123 Å². The molecular formula is C14H21N3S2. The van der Waals surface area contributed by atoms with Crippen LogP contribution in [0.4, 0.5) is 0 Å². The smallest absolute Gasteiger partial charge is 0.157 e. The van der Waals surface area contributed by atoms with Gasteiger partial charge < -0.3 is 5.32 Å². The number of fused-ring (bicyclic) bond motifs is 1. The maximum Gasteiger partial charge on any atom is 0.157 e. The van der Waals surface area contributed by atoms with E-state index in [1.54, 1.807) is 0 Å². The van der Waals surface area contributed by atoms with Crippen LogP contribution in [0.5, 0.6) is 0 Å². The number of thiazole rings is 1. The van der Waals surface area contributed by atoms with Crippen LogP contribution in [-0.4, -0.2) is 21.9 Å². The van der Waals surface area contributed by atoms with Crippen LogP contribution in [0.2, 0.25) is 0 Å². The molecule has 0 amide bonds. The van der Waals surface area contributed by atoms with Gasteiger partial charge in [0.1, 0.15) is 5.01 Å². The van der Waals surface area contributed by atoms with Gasteiger partial charge in [-0.3, -0.25) is 4.99 Å². The third-order valence-electron chi connectivity index (χ3n) is 3.97. The first-order chi connectivity index (χ1) is 9.26. The van der Waals surface area contributed by atoms with Gasteiger partial charge in [0.2, 0.25) is 0 Å². The summed E-state index contributed by atoms with van der Waals surface area (Å²) >= 11 is 3.70. The Morgan fingerprint density at radius 3 is 3.16 bits per heavy atom. The Hall–Kier alpha value is -0.550. The van der Waals surface area contributed by atoms with Gasteiger partial charge in [-0.1, -0.05) is 25.1 Å². The molecule has 1 N–H and O–H groups in total. The third kappa shape index (κ3) is 2.97. The molecule has 0 bridgehead atoms. The molecule has 3 atom stereocenters. The summed E-state index contributed by atoms with van der Waals surface area (Å²) in [4.78, 5) is 10.8. The van der Waals surface area contributed by atoms with Crippen molar-refractivity contribution < 1.29 is 0 Å². The van der Waals surface area contributed by atoms with Gasteiger partial charge in [-0.2, -0.15) is 0 Å². The van der Waals surface area contributed by atoms with Crippen LogP contribution in [0.25, 0.3) is 0 Å². The van der Waals surface area contributed by atoms with Crippen molar-refractivity contribution in [1.29, 1.82) is 0 Å². The van der Waals surface area contributed by atoms with Gasteiger partial charge in [0.15, 0.2) is 5.17 Å².